The SMILES string of the molecule is Cc1cc(C)c2c(c1)oc(=O)c1c3cc(O)c(O)cc3oc21. The predicted molar refractivity (Wildman–Crippen MR) is 82.6 cm³/mol. The highest BCUT2D eigenvalue weighted by molar-refractivity contribution is 6.14. The number of furan rings is 1. The van der Waals surface area contributed by atoms with Crippen LogP contribution in [0.4, 0.5) is 0 Å². The first-order valence-electron chi connectivity index (χ1n) is 6.78. The summed E-state index contributed by atoms with van der Waals surface area (Å²) in [5.41, 5.74) is 2.57. The molecule has 2 N–H and O–H groups in total. The molecular weight excluding hydrogens is 284 g/mol. The zero-order chi connectivity index (χ0) is 15.6. The Labute approximate surface area is 124 Å². The van der Waals surface area contributed by atoms with Gasteiger partial charge in [0.25, 0.3) is 0 Å². The van der Waals surface area contributed by atoms with E-state index in [2.05, 4.69) is 0 Å². The largest absolute Gasteiger partial charge is 0.504 e. The predicted octanol–water partition coefficient (Wildman–Crippen LogP) is 3.72. The Morgan fingerprint density at radius 3 is 2.36 bits per heavy atom. The number of hydrogen-bond donors (Lipinski definition) is 2. The van der Waals surface area contributed by atoms with Gasteiger partial charge >= 0.3 is 5.63 Å². The van der Waals surface area contributed by atoms with Crippen LogP contribution in [0.5, 0.6) is 11.5 Å². The quantitative estimate of drug-likeness (QED) is 0.381. The molecule has 4 rings (SSSR count). The molecule has 0 aliphatic rings. The molecule has 0 aliphatic heterocycles. The lowest BCUT2D eigenvalue weighted by atomic mass is 10.0. The number of hydrogen-bond acceptors (Lipinski definition) is 5. The standard InChI is InChI=1S/C17H12O5/c1-7-3-8(2)14-13(4-7)22-17(20)15-9-5-10(18)11(19)6-12(9)21-16(14)15/h3-6,18-19H,1-2H3. The maximum Gasteiger partial charge on any atom is 0.348 e. The Kier molecular flexibility index (Phi) is 2.34. The summed E-state index contributed by atoms with van der Waals surface area (Å²) < 4.78 is 11.2. The Hall–Kier alpha value is -2.95. The van der Waals surface area contributed by atoms with Gasteiger partial charge < -0.3 is 19.0 Å². The highest BCUT2D eigenvalue weighted by Crippen LogP contribution is 2.38. The van der Waals surface area contributed by atoms with Gasteiger partial charge in [0.2, 0.25) is 0 Å². The van der Waals surface area contributed by atoms with Crippen molar-refractivity contribution in [2.75, 3.05) is 0 Å². The van der Waals surface area contributed by atoms with Gasteiger partial charge in [0.15, 0.2) is 17.1 Å². The molecule has 0 aliphatic carbocycles. The maximum atomic E-state index is 12.3. The Morgan fingerprint density at radius 2 is 1.59 bits per heavy atom. The second-order valence-electron chi connectivity index (χ2n) is 5.49. The van der Waals surface area contributed by atoms with E-state index in [1.165, 1.54) is 12.1 Å². The highest BCUT2D eigenvalue weighted by atomic mass is 16.4. The molecule has 0 bridgehead atoms. The molecule has 2 aromatic heterocycles. The molecule has 2 aromatic carbocycles. The second-order valence-corrected chi connectivity index (χ2v) is 5.49. The molecule has 2 heterocycles. The smallest absolute Gasteiger partial charge is 0.348 e. The van der Waals surface area contributed by atoms with E-state index < -0.39 is 5.63 Å². The molecule has 0 radical (unpaired) electrons. The van der Waals surface area contributed by atoms with E-state index in [9.17, 15) is 15.0 Å². The van der Waals surface area contributed by atoms with E-state index in [1.807, 2.05) is 19.9 Å². The molecule has 5 heteroatoms. The maximum absolute atomic E-state index is 12.3. The van der Waals surface area contributed by atoms with Crippen LogP contribution in [-0.4, -0.2) is 10.2 Å². The summed E-state index contributed by atoms with van der Waals surface area (Å²) in [4.78, 5) is 12.3. The van der Waals surface area contributed by atoms with Crippen molar-refractivity contribution in [3.63, 3.8) is 0 Å². The van der Waals surface area contributed by atoms with Crippen LogP contribution in [0.2, 0.25) is 0 Å². The van der Waals surface area contributed by atoms with Gasteiger partial charge in [-0.2, -0.15) is 0 Å². The molecule has 0 spiro atoms. The van der Waals surface area contributed by atoms with Gasteiger partial charge in [-0.05, 0) is 37.1 Å². The van der Waals surface area contributed by atoms with Gasteiger partial charge in [0.1, 0.15) is 16.6 Å². The van der Waals surface area contributed by atoms with Crippen molar-refractivity contribution in [1.82, 2.24) is 0 Å². The lowest BCUT2D eigenvalue weighted by Gasteiger charge is -2.03. The van der Waals surface area contributed by atoms with Gasteiger partial charge in [-0.3, -0.25) is 0 Å². The van der Waals surface area contributed by atoms with Gasteiger partial charge in [-0.15, -0.1) is 0 Å². The van der Waals surface area contributed by atoms with Crippen molar-refractivity contribution in [3.8, 4) is 11.5 Å². The zero-order valence-corrected chi connectivity index (χ0v) is 11.9. The number of phenols is 2. The van der Waals surface area contributed by atoms with E-state index in [4.69, 9.17) is 8.83 Å². The second kappa shape index (κ2) is 4.04. The summed E-state index contributed by atoms with van der Waals surface area (Å²) in [7, 11) is 0. The first-order valence-corrected chi connectivity index (χ1v) is 6.78. The minimum Gasteiger partial charge on any atom is -0.504 e. The Bertz CT molecular complexity index is 1130. The van der Waals surface area contributed by atoms with Crippen molar-refractivity contribution < 1.29 is 19.0 Å². The van der Waals surface area contributed by atoms with Crippen LogP contribution in [0, 0.1) is 13.8 Å². The molecule has 0 fully saturated rings. The molecule has 0 atom stereocenters. The molecule has 110 valence electrons. The monoisotopic (exact) mass is 296 g/mol. The molecule has 4 aromatic rings. The van der Waals surface area contributed by atoms with Gasteiger partial charge in [0, 0.05) is 11.5 Å². The molecule has 0 unspecified atom stereocenters. The molecular formula is C17H12O5. The number of aromatic hydroxyl groups is 2. The summed E-state index contributed by atoms with van der Waals surface area (Å²) in [6.45, 7) is 3.84. The average molecular weight is 296 g/mol. The number of benzene rings is 2. The Morgan fingerprint density at radius 1 is 0.864 bits per heavy atom. The number of fused-ring (bicyclic) bond motifs is 5. The minimum atomic E-state index is -0.531. The Balaban J connectivity index is 2.34. The number of rotatable bonds is 0. The van der Waals surface area contributed by atoms with Crippen LogP contribution in [-0.2, 0) is 0 Å². The fourth-order valence-electron chi connectivity index (χ4n) is 2.95. The van der Waals surface area contributed by atoms with Crippen LogP contribution >= 0.6 is 0 Å². The van der Waals surface area contributed by atoms with Gasteiger partial charge in [0.05, 0.1) is 5.39 Å². The van der Waals surface area contributed by atoms with Crippen molar-refractivity contribution >= 4 is 32.9 Å². The summed E-state index contributed by atoms with van der Waals surface area (Å²) in [6, 6.07) is 6.36. The van der Waals surface area contributed by atoms with Crippen LogP contribution in [0.25, 0.3) is 32.9 Å². The van der Waals surface area contributed by atoms with Gasteiger partial charge in [-0.1, -0.05) is 6.07 Å². The lowest BCUT2D eigenvalue weighted by molar-refractivity contribution is 0.404. The minimum absolute atomic E-state index is 0.268. The van der Waals surface area contributed by atoms with Gasteiger partial charge in [-0.25, -0.2) is 4.79 Å². The van der Waals surface area contributed by atoms with Crippen LogP contribution in [0.15, 0.2) is 37.9 Å². The summed E-state index contributed by atoms with van der Waals surface area (Å²) in [6.07, 6.45) is 0. The molecule has 0 amide bonds. The van der Waals surface area contributed by atoms with Crippen molar-refractivity contribution in [2.24, 2.45) is 0 Å². The third-order valence-corrected chi connectivity index (χ3v) is 3.86. The lowest BCUT2D eigenvalue weighted by Crippen LogP contribution is -1.99. The van der Waals surface area contributed by atoms with E-state index in [-0.39, 0.29) is 16.9 Å². The average Bonchev–Trinajstić information content (AvgIpc) is 2.77. The van der Waals surface area contributed by atoms with Crippen LogP contribution in [0.1, 0.15) is 11.1 Å². The fourth-order valence-corrected chi connectivity index (χ4v) is 2.95. The summed E-state index contributed by atoms with van der Waals surface area (Å²) in [5, 5.41) is 20.7. The fraction of sp³-hybridized carbons (Fsp3) is 0.118. The number of aryl methyl sites for hydroxylation is 2. The third kappa shape index (κ3) is 1.56. The molecule has 22 heavy (non-hydrogen) atoms. The molecule has 0 saturated heterocycles. The van der Waals surface area contributed by atoms with Crippen molar-refractivity contribution in [1.29, 1.82) is 0 Å². The van der Waals surface area contributed by atoms with Crippen LogP contribution in [0.3, 0.4) is 0 Å². The molecule has 5 nitrogen and oxygen atoms in total. The normalized spacial score (nSPS) is 11.7. The number of phenolic OH excluding ortho intramolecular Hbond substituents is 2. The van der Waals surface area contributed by atoms with E-state index in [1.54, 1.807) is 6.07 Å². The molecule has 0 saturated carbocycles. The first kappa shape index (κ1) is 12.8. The highest BCUT2D eigenvalue weighted by Gasteiger charge is 2.19. The van der Waals surface area contributed by atoms with Crippen LogP contribution < -0.4 is 5.63 Å². The van der Waals surface area contributed by atoms with E-state index >= 15 is 0 Å². The van der Waals surface area contributed by atoms with E-state index in [0.717, 1.165) is 16.5 Å². The van der Waals surface area contributed by atoms with E-state index in [0.29, 0.717) is 22.1 Å². The third-order valence-electron chi connectivity index (χ3n) is 3.86. The zero-order valence-electron chi connectivity index (χ0n) is 11.9. The van der Waals surface area contributed by atoms with Crippen molar-refractivity contribution in [3.05, 3.63) is 45.8 Å². The summed E-state index contributed by atoms with van der Waals surface area (Å²) in [5.74, 6) is -0.608. The summed E-state index contributed by atoms with van der Waals surface area (Å²) >= 11 is 0. The van der Waals surface area contributed by atoms with Crippen molar-refractivity contribution in [2.45, 2.75) is 13.8 Å². The first-order chi connectivity index (χ1) is 10.5. The topological polar surface area (TPSA) is 83.8 Å².